The Morgan fingerprint density at radius 1 is 1.53 bits per heavy atom. The molecule has 1 aromatic rings. The molecule has 1 N–H and O–H groups in total. The van der Waals surface area contributed by atoms with Gasteiger partial charge >= 0.3 is 0 Å². The molecule has 3 heteroatoms. The first-order valence-corrected chi connectivity index (χ1v) is 5.61. The van der Waals surface area contributed by atoms with Crippen molar-refractivity contribution in [2.75, 3.05) is 7.11 Å². The molecule has 0 bridgehead atoms. The highest BCUT2D eigenvalue weighted by atomic mass is 79.9. The van der Waals surface area contributed by atoms with E-state index in [0.717, 1.165) is 15.8 Å². The summed E-state index contributed by atoms with van der Waals surface area (Å²) >= 11 is 3.46. The number of methoxy groups -OCH3 is 1. The molecular formula is C12H15BrO2. The normalized spacial score (nSPS) is 13.1. The van der Waals surface area contributed by atoms with E-state index in [9.17, 15) is 0 Å². The van der Waals surface area contributed by atoms with E-state index >= 15 is 0 Å². The number of hydrogen-bond acceptors (Lipinski definition) is 2. The Labute approximate surface area is 98.7 Å². The Hall–Kier alpha value is -0.800. The SMILES string of the molecule is COc1ccc(Br)c(C=CCC(C)O)c1. The van der Waals surface area contributed by atoms with Crippen molar-refractivity contribution in [3.63, 3.8) is 0 Å². The van der Waals surface area contributed by atoms with Gasteiger partial charge in [0.2, 0.25) is 0 Å². The minimum Gasteiger partial charge on any atom is -0.497 e. The van der Waals surface area contributed by atoms with Crippen molar-refractivity contribution in [2.24, 2.45) is 0 Å². The first kappa shape index (κ1) is 12.3. The number of ether oxygens (including phenoxy) is 1. The van der Waals surface area contributed by atoms with E-state index in [1.165, 1.54) is 0 Å². The van der Waals surface area contributed by atoms with Gasteiger partial charge in [-0.05, 0) is 37.1 Å². The van der Waals surface area contributed by atoms with Crippen molar-refractivity contribution in [1.29, 1.82) is 0 Å². The Bertz CT molecular complexity index is 345. The van der Waals surface area contributed by atoms with Crippen LogP contribution in [0.15, 0.2) is 28.7 Å². The number of aliphatic hydroxyl groups is 1. The molecule has 1 unspecified atom stereocenters. The molecule has 0 saturated carbocycles. The smallest absolute Gasteiger partial charge is 0.119 e. The van der Waals surface area contributed by atoms with Gasteiger partial charge in [-0.3, -0.25) is 0 Å². The number of halogens is 1. The summed E-state index contributed by atoms with van der Waals surface area (Å²) in [6, 6.07) is 5.79. The molecule has 0 aliphatic heterocycles. The van der Waals surface area contributed by atoms with Gasteiger partial charge in [-0.1, -0.05) is 28.1 Å². The maximum atomic E-state index is 9.11. The lowest BCUT2D eigenvalue weighted by molar-refractivity contribution is 0.199. The summed E-state index contributed by atoms with van der Waals surface area (Å²) < 4.78 is 6.15. The van der Waals surface area contributed by atoms with E-state index in [2.05, 4.69) is 15.9 Å². The minimum atomic E-state index is -0.300. The van der Waals surface area contributed by atoms with Gasteiger partial charge < -0.3 is 9.84 Å². The van der Waals surface area contributed by atoms with E-state index in [-0.39, 0.29) is 6.10 Å². The quantitative estimate of drug-likeness (QED) is 0.910. The minimum absolute atomic E-state index is 0.300. The van der Waals surface area contributed by atoms with Gasteiger partial charge in [0, 0.05) is 4.47 Å². The number of hydrogen-bond donors (Lipinski definition) is 1. The molecule has 82 valence electrons. The van der Waals surface area contributed by atoms with E-state index < -0.39 is 0 Å². The molecule has 0 radical (unpaired) electrons. The van der Waals surface area contributed by atoms with Crippen molar-refractivity contribution >= 4 is 22.0 Å². The zero-order valence-electron chi connectivity index (χ0n) is 8.90. The largest absolute Gasteiger partial charge is 0.497 e. The van der Waals surface area contributed by atoms with Crippen LogP contribution in [0, 0.1) is 0 Å². The highest BCUT2D eigenvalue weighted by molar-refractivity contribution is 9.10. The molecule has 0 aliphatic rings. The Kier molecular flexibility index (Phi) is 4.85. The van der Waals surface area contributed by atoms with Gasteiger partial charge in [-0.15, -0.1) is 0 Å². The fourth-order valence-corrected chi connectivity index (χ4v) is 1.55. The lowest BCUT2D eigenvalue weighted by Crippen LogP contribution is -1.95. The third-order valence-corrected chi connectivity index (χ3v) is 2.70. The van der Waals surface area contributed by atoms with Crippen LogP contribution in [0.4, 0.5) is 0 Å². The molecule has 0 fully saturated rings. The van der Waals surface area contributed by atoms with E-state index in [0.29, 0.717) is 6.42 Å². The molecule has 0 amide bonds. The Morgan fingerprint density at radius 2 is 2.27 bits per heavy atom. The van der Waals surface area contributed by atoms with Crippen LogP contribution in [0.25, 0.3) is 6.08 Å². The van der Waals surface area contributed by atoms with Gasteiger partial charge in [0.1, 0.15) is 5.75 Å². The van der Waals surface area contributed by atoms with Crippen molar-refractivity contribution in [2.45, 2.75) is 19.4 Å². The number of benzene rings is 1. The zero-order valence-corrected chi connectivity index (χ0v) is 10.5. The van der Waals surface area contributed by atoms with E-state index in [1.54, 1.807) is 14.0 Å². The van der Waals surface area contributed by atoms with Crippen molar-refractivity contribution in [1.82, 2.24) is 0 Å². The van der Waals surface area contributed by atoms with Crippen LogP contribution in [-0.2, 0) is 0 Å². The fourth-order valence-electron chi connectivity index (χ4n) is 1.17. The van der Waals surface area contributed by atoms with Crippen LogP contribution < -0.4 is 4.74 Å². The average molecular weight is 271 g/mol. The summed E-state index contributed by atoms with van der Waals surface area (Å²) in [7, 11) is 1.65. The summed E-state index contributed by atoms with van der Waals surface area (Å²) in [5.74, 6) is 0.829. The van der Waals surface area contributed by atoms with Crippen LogP contribution in [0.3, 0.4) is 0 Å². The van der Waals surface area contributed by atoms with Crippen LogP contribution in [0.5, 0.6) is 5.75 Å². The van der Waals surface area contributed by atoms with E-state index in [1.807, 2.05) is 30.4 Å². The zero-order chi connectivity index (χ0) is 11.3. The predicted octanol–water partition coefficient (Wildman–Crippen LogP) is 3.24. The lowest BCUT2D eigenvalue weighted by Gasteiger charge is -2.03. The summed E-state index contributed by atoms with van der Waals surface area (Å²) in [4.78, 5) is 0. The van der Waals surface area contributed by atoms with Gasteiger partial charge in [0.15, 0.2) is 0 Å². The second-order valence-corrected chi connectivity index (χ2v) is 4.23. The van der Waals surface area contributed by atoms with Crippen LogP contribution >= 0.6 is 15.9 Å². The molecule has 15 heavy (non-hydrogen) atoms. The van der Waals surface area contributed by atoms with Crippen molar-refractivity contribution in [3.8, 4) is 5.75 Å². The molecule has 1 aromatic carbocycles. The lowest BCUT2D eigenvalue weighted by atomic mass is 10.1. The standard InChI is InChI=1S/C12H15BrO2/c1-9(14)4-3-5-10-8-11(15-2)6-7-12(10)13/h3,5-9,14H,4H2,1-2H3. The van der Waals surface area contributed by atoms with E-state index in [4.69, 9.17) is 9.84 Å². The van der Waals surface area contributed by atoms with Crippen molar-refractivity contribution < 1.29 is 9.84 Å². The second-order valence-electron chi connectivity index (χ2n) is 3.37. The average Bonchev–Trinajstić information content (AvgIpc) is 2.20. The highest BCUT2D eigenvalue weighted by Crippen LogP contribution is 2.23. The topological polar surface area (TPSA) is 29.5 Å². The Balaban J connectivity index is 2.79. The molecule has 1 rings (SSSR count). The van der Waals surface area contributed by atoms with Gasteiger partial charge in [0.25, 0.3) is 0 Å². The summed E-state index contributed by atoms with van der Waals surface area (Å²) in [5, 5.41) is 9.11. The molecular weight excluding hydrogens is 256 g/mol. The van der Waals surface area contributed by atoms with Crippen LogP contribution in [0.1, 0.15) is 18.9 Å². The number of aliphatic hydroxyl groups excluding tert-OH is 1. The third-order valence-electron chi connectivity index (χ3n) is 1.98. The molecule has 0 saturated heterocycles. The molecule has 0 aliphatic carbocycles. The summed E-state index contributed by atoms with van der Waals surface area (Å²) in [6.45, 7) is 1.77. The molecule has 0 aromatic heterocycles. The molecule has 0 spiro atoms. The maximum absolute atomic E-state index is 9.11. The summed E-state index contributed by atoms with van der Waals surface area (Å²) in [5.41, 5.74) is 1.05. The molecule has 0 heterocycles. The first-order valence-electron chi connectivity index (χ1n) is 4.81. The van der Waals surface area contributed by atoms with Crippen molar-refractivity contribution in [3.05, 3.63) is 34.3 Å². The van der Waals surface area contributed by atoms with Gasteiger partial charge in [0.05, 0.1) is 13.2 Å². The third kappa shape index (κ3) is 4.06. The maximum Gasteiger partial charge on any atom is 0.119 e. The first-order chi connectivity index (χ1) is 7.13. The molecule has 1 atom stereocenters. The highest BCUT2D eigenvalue weighted by Gasteiger charge is 1.98. The fraction of sp³-hybridized carbons (Fsp3) is 0.333. The van der Waals surface area contributed by atoms with Crippen LogP contribution in [-0.4, -0.2) is 18.3 Å². The van der Waals surface area contributed by atoms with Gasteiger partial charge in [-0.25, -0.2) is 0 Å². The molecule has 2 nitrogen and oxygen atoms in total. The predicted molar refractivity (Wildman–Crippen MR) is 66.0 cm³/mol. The van der Waals surface area contributed by atoms with Crippen LogP contribution in [0.2, 0.25) is 0 Å². The Morgan fingerprint density at radius 3 is 2.87 bits per heavy atom. The summed E-state index contributed by atoms with van der Waals surface area (Å²) in [6.07, 6.45) is 4.28. The van der Waals surface area contributed by atoms with Gasteiger partial charge in [-0.2, -0.15) is 0 Å². The number of rotatable bonds is 4. The second kappa shape index (κ2) is 5.93. The monoisotopic (exact) mass is 270 g/mol.